The summed E-state index contributed by atoms with van der Waals surface area (Å²) < 4.78 is 10.9. The van der Waals surface area contributed by atoms with Crippen molar-refractivity contribution in [3.63, 3.8) is 0 Å². The molecule has 5 nitrogen and oxygen atoms in total. The van der Waals surface area contributed by atoms with E-state index in [1.54, 1.807) is 0 Å². The van der Waals surface area contributed by atoms with Crippen LogP contribution in [0.2, 0.25) is 0 Å². The molecule has 0 saturated carbocycles. The number of ether oxygens (including phenoxy) is 2. The lowest BCUT2D eigenvalue weighted by Crippen LogP contribution is -2.43. The molecule has 1 heterocycles. The Labute approximate surface area is 107 Å². The molecule has 0 aromatic heterocycles. The van der Waals surface area contributed by atoms with Gasteiger partial charge >= 0.3 is 0 Å². The predicted octanol–water partition coefficient (Wildman–Crippen LogP) is 0.872. The van der Waals surface area contributed by atoms with E-state index < -0.39 is 0 Å². The molecule has 0 amide bonds. The second kappa shape index (κ2) is 6.24. The molecule has 96 valence electrons. The third kappa shape index (κ3) is 3.36. The van der Waals surface area contributed by atoms with Gasteiger partial charge in [0.15, 0.2) is 6.10 Å². The first kappa shape index (κ1) is 12.7. The molecular weight excluding hydrogens is 230 g/mol. The van der Waals surface area contributed by atoms with Crippen molar-refractivity contribution in [2.45, 2.75) is 6.10 Å². The molecule has 18 heavy (non-hydrogen) atoms. The second-order valence-corrected chi connectivity index (χ2v) is 4.18. The topological polar surface area (TPSA) is 71.5 Å². The van der Waals surface area contributed by atoms with Crippen LogP contribution in [0.15, 0.2) is 24.3 Å². The Hall–Kier alpha value is -1.77. The number of nitrogens with zero attached hydrogens (tertiary/aromatic N) is 2. The van der Waals surface area contributed by atoms with Gasteiger partial charge in [-0.05, 0) is 12.1 Å². The Bertz CT molecular complexity index is 430. The first-order valence-corrected chi connectivity index (χ1v) is 6.00. The van der Waals surface area contributed by atoms with Crippen molar-refractivity contribution >= 4 is 5.69 Å². The van der Waals surface area contributed by atoms with E-state index in [1.807, 2.05) is 24.3 Å². The monoisotopic (exact) mass is 247 g/mol. The fourth-order valence-corrected chi connectivity index (χ4v) is 1.88. The van der Waals surface area contributed by atoms with Gasteiger partial charge in [0.2, 0.25) is 0 Å². The first-order valence-electron chi connectivity index (χ1n) is 6.00. The standard InChI is InChI=1S/C13H17N3O2/c14-9-11-10-16(5-7-17-11)6-8-18-13-4-2-1-3-12(13)15/h1-4,11H,5-8,10,15H2. The van der Waals surface area contributed by atoms with Crippen molar-refractivity contribution in [1.82, 2.24) is 4.90 Å². The van der Waals surface area contributed by atoms with Crippen LogP contribution in [0.5, 0.6) is 5.75 Å². The van der Waals surface area contributed by atoms with E-state index in [2.05, 4.69) is 11.0 Å². The summed E-state index contributed by atoms with van der Waals surface area (Å²) in [7, 11) is 0. The molecule has 2 rings (SSSR count). The van der Waals surface area contributed by atoms with Crippen molar-refractivity contribution in [1.29, 1.82) is 5.26 Å². The summed E-state index contributed by atoms with van der Waals surface area (Å²) in [6.45, 7) is 3.42. The number of nitriles is 1. The zero-order valence-corrected chi connectivity index (χ0v) is 10.2. The Balaban J connectivity index is 1.76. The van der Waals surface area contributed by atoms with Crippen LogP contribution in [0.25, 0.3) is 0 Å². The molecule has 1 aliphatic heterocycles. The van der Waals surface area contributed by atoms with Crippen LogP contribution in [-0.4, -0.2) is 43.9 Å². The van der Waals surface area contributed by atoms with E-state index in [0.717, 1.165) is 13.1 Å². The van der Waals surface area contributed by atoms with Gasteiger partial charge in [0.1, 0.15) is 12.4 Å². The molecule has 0 radical (unpaired) electrons. The molecular formula is C13H17N3O2. The van der Waals surface area contributed by atoms with E-state index in [4.69, 9.17) is 20.5 Å². The SMILES string of the molecule is N#CC1CN(CCOc2ccccc2N)CCO1. The van der Waals surface area contributed by atoms with Gasteiger partial charge in [-0.15, -0.1) is 0 Å². The van der Waals surface area contributed by atoms with Crippen LogP contribution >= 0.6 is 0 Å². The molecule has 1 saturated heterocycles. The van der Waals surface area contributed by atoms with Crippen LogP contribution in [0.4, 0.5) is 5.69 Å². The summed E-state index contributed by atoms with van der Waals surface area (Å²) in [5, 5.41) is 8.80. The van der Waals surface area contributed by atoms with Crippen molar-refractivity contribution in [3.8, 4) is 11.8 Å². The number of nitrogen functional groups attached to an aromatic ring is 1. The molecule has 0 bridgehead atoms. The summed E-state index contributed by atoms with van der Waals surface area (Å²) in [6.07, 6.45) is -0.319. The van der Waals surface area contributed by atoms with Gasteiger partial charge in [0, 0.05) is 19.6 Å². The average Bonchev–Trinajstić information content (AvgIpc) is 2.41. The zero-order valence-electron chi connectivity index (χ0n) is 10.2. The smallest absolute Gasteiger partial charge is 0.156 e. The van der Waals surface area contributed by atoms with Crippen LogP contribution in [0, 0.1) is 11.3 Å². The van der Waals surface area contributed by atoms with Crippen molar-refractivity contribution in [2.24, 2.45) is 0 Å². The normalized spacial score (nSPS) is 20.3. The number of para-hydroxylation sites is 2. The minimum Gasteiger partial charge on any atom is -0.490 e. The third-order valence-electron chi connectivity index (χ3n) is 2.88. The van der Waals surface area contributed by atoms with E-state index in [-0.39, 0.29) is 6.10 Å². The van der Waals surface area contributed by atoms with Gasteiger partial charge in [-0.2, -0.15) is 5.26 Å². The predicted molar refractivity (Wildman–Crippen MR) is 68.1 cm³/mol. The molecule has 1 aromatic rings. The Morgan fingerprint density at radius 3 is 3.11 bits per heavy atom. The number of nitrogens with two attached hydrogens (primary N) is 1. The van der Waals surface area contributed by atoms with Gasteiger partial charge in [-0.1, -0.05) is 12.1 Å². The number of hydrogen-bond acceptors (Lipinski definition) is 5. The fraction of sp³-hybridized carbons (Fsp3) is 0.462. The molecule has 0 spiro atoms. The number of anilines is 1. The molecule has 1 atom stereocenters. The average molecular weight is 247 g/mol. The number of benzene rings is 1. The van der Waals surface area contributed by atoms with E-state index in [0.29, 0.717) is 31.2 Å². The largest absolute Gasteiger partial charge is 0.490 e. The van der Waals surface area contributed by atoms with Crippen LogP contribution in [-0.2, 0) is 4.74 Å². The second-order valence-electron chi connectivity index (χ2n) is 4.18. The highest BCUT2D eigenvalue weighted by molar-refractivity contribution is 5.51. The fourth-order valence-electron chi connectivity index (χ4n) is 1.88. The lowest BCUT2D eigenvalue weighted by atomic mass is 10.3. The minimum atomic E-state index is -0.319. The highest BCUT2D eigenvalue weighted by atomic mass is 16.5. The highest BCUT2D eigenvalue weighted by Gasteiger charge is 2.19. The van der Waals surface area contributed by atoms with Crippen LogP contribution < -0.4 is 10.5 Å². The molecule has 2 N–H and O–H groups in total. The van der Waals surface area contributed by atoms with Crippen molar-refractivity contribution in [2.75, 3.05) is 38.6 Å². The Kier molecular flexibility index (Phi) is 4.40. The summed E-state index contributed by atoms with van der Waals surface area (Å²) in [6, 6.07) is 9.57. The van der Waals surface area contributed by atoms with E-state index >= 15 is 0 Å². The Morgan fingerprint density at radius 1 is 1.50 bits per heavy atom. The summed E-state index contributed by atoms with van der Waals surface area (Å²) in [5.41, 5.74) is 6.43. The lowest BCUT2D eigenvalue weighted by Gasteiger charge is -2.29. The maximum absolute atomic E-state index is 8.80. The zero-order chi connectivity index (χ0) is 12.8. The first-order chi connectivity index (χ1) is 8.79. The molecule has 5 heteroatoms. The molecule has 0 aliphatic carbocycles. The molecule has 1 aromatic carbocycles. The van der Waals surface area contributed by atoms with Crippen molar-refractivity contribution in [3.05, 3.63) is 24.3 Å². The van der Waals surface area contributed by atoms with Gasteiger partial charge in [-0.3, -0.25) is 4.90 Å². The summed E-state index contributed by atoms with van der Waals surface area (Å²) >= 11 is 0. The maximum atomic E-state index is 8.80. The van der Waals surface area contributed by atoms with E-state index in [1.165, 1.54) is 0 Å². The van der Waals surface area contributed by atoms with Gasteiger partial charge in [-0.25, -0.2) is 0 Å². The van der Waals surface area contributed by atoms with Crippen molar-refractivity contribution < 1.29 is 9.47 Å². The van der Waals surface area contributed by atoms with Gasteiger partial charge in [0.05, 0.1) is 18.4 Å². The minimum absolute atomic E-state index is 0.319. The molecule has 1 fully saturated rings. The highest BCUT2D eigenvalue weighted by Crippen LogP contribution is 2.19. The number of morpholine rings is 1. The lowest BCUT2D eigenvalue weighted by molar-refractivity contribution is -0.00332. The number of hydrogen-bond donors (Lipinski definition) is 1. The number of rotatable bonds is 4. The molecule has 1 aliphatic rings. The molecule has 1 unspecified atom stereocenters. The third-order valence-corrected chi connectivity index (χ3v) is 2.88. The Morgan fingerprint density at radius 2 is 2.33 bits per heavy atom. The van der Waals surface area contributed by atoms with Gasteiger partial charge < -0.3 is 15.2 Å². The van der Waals surface area contributed by atoms with Crippen LogP contribution in [0.3, 0.4) is 0 Å². The van der Waals surface area contributed by atoms with Gasteiger partial charge in [0.25, 0.3) is 0 Å². The summed E-state index contributed by atoms with van der Waals surface area (Å²) in [4.78, 5) is 2.16. The van der Waals surface area contributed by atoms with Crippen LogP contribution in [0.1, 0.15) is 0 Å². The quantitative estimate of drug-likeness (QED) is 0.799. The van der Waals surface area contributed by atoms with E-state index in [9.17, 15) is 0 Å². The maximum Gasteiger partial charge on any atom is 0.156 e. The summed E-state index contributed by atoms with van der Waals surface area (Å²) in [5.74, 6) is 0.711.